The Bertz CT molecular complexity index is 575. The summed E-state index contributed by atoms with van der Waals surface area (Å²) in [4.78, 5) is 29.3. The van der Waals surface area contributed by atoms with Crippen molar-refractivity contribution in [3.05, 3.63) is 23.9 Å². The van der Waals surface area contributed by atoms with E-state index < -0.39 is 18.8 Å². The first-order valence-corrected chi connectivity index (χ1v) is 7.06. The number of pyridine rings is 1. The lowest BCUT2D eigenvalue weighted by Gasteiger charge is -2.34. The predicted octanol–water partition coefficient (Wildman–Crippen LogP) is 1.37. The fourth-order valence-electron chi connectivity index (χ4n) is 2.28. The van der Waals surface area contributed by atoms with Crippen LogP contribution in [0.5, 0.6) is 5.88 Å². The van der Waals surface area contributed by atoms with Crippen molar-refractivity contribution < 1.29 is 27.5 Å². The molecule has 1 unspecified atom stereocenters. The Hall–Kier alpha value is -2.32. The molecule has 6 nitrogen and oxygen atoms in total. The van der Waals surface area contributed by atoms with Gasteiger partial charge in [0.1, 0.15) is 6.04 Å². The zero-order valence-electron chi connectivity index (χ0n) is 12.4. The molecule has 1 aliphatic rings. The van der Waals surface area contributed by atoms with Crippen molar-refractivity contribution in [3.8, 4) is 5.88 Å². The van der Waals surface area contributed by atoms with Crippen LogP contribution in [0.1, 0.15) is 23.7 Å². The average molecular weight is 331 g/mol. The van der Waals surface area contributed by atoms with Crippen LogP contribution in [-0.4, -0.2) is 53.6 Å². The molecule has 1 aliphatic heterocycles. The standard InChI is InChI=1S/C14H16F3N3O3/c1-2-10-12(21)18-5-6-20(10)13(22)9-3-4-11(19-7-9)23-8-14(15,16)17/h3-4,7,10H,2,5-6,8H2,1H3,(H,18,21). The van der Waals surface area contributed by atoms with E-state index in [-0.39, 0.29) is 23.3 Å². The quantitative estimate of drug-likeness (QED) is 0.905. The fourth-order valence-corrected chi connectivity index (χ4v) is 2.28. The normalized spacial score (nSPS) is 18.5. The van der Waals surface area contributed by atoms with Crippen LogP contribution < -0.4 is 10.1 Å². The molecule has 9 heteroatoms. The highest BCUT2D eigenvalue weighted by Gasteiger charge is 2.32. The van der Waals surface area contributed by atoms with Crippen LogP contribution in [0.3, 0.4) is 0 Å². The molecule has 0 bridgehead atoms. The van der Waals surface area contributed by atoms with Gasteiger partial charge in [-0.1, -0.05) is 6.92 Å². The third-order valence-electron chi connectivity index (χ3n) is 3.35. The first kappa shape index (κ1) is 17.0. The summed E-state index contributed by atoms with van der Waals surface area (Å²) in [6.07, 6.45) is -2.84. The molecule has 23 heavy (non-hydrogen) atoms. The van der Waals surface area contributed by atoms with Crippen LogP contribution in [0, 0.1) is 0 Å². The number of ether oxygens (including phenoxy) is 1. The molecule has 126 valence electrons. The summed E-state index contributed by atoms with van der Waals surface area (Å²) in [6.45, 7) is 1.08. The van der Waals surface area contributed by atoms with Gasteiger partial charge in [0.2, 0.25) is 11.8 Å². The second kappa shape index (κ2) is 6.84. The molecule has 2 heterocycles. The van der Waals surface area contributed by atoms with Crippen molar-refractivity contribution in [2.24, 2.45) is 0 Å². The van der Waals surface area contributed by atoms with E-state index in [1.807, 2.05) is 0 Å². The Kier molecular flexibility index (Phi) is 5.07. The molecule has 0 spiro atoms. The van der Waals surface area contributed by atoms with Crippen LogP contribution in [0.15, 0.2) is 18.3 Å². The third kappa shape index (κ3) is 4.33. The van der Waals surface area contributed by atoms with Crippen molar-refractivity contribution in [1.29, 1.82) is 0 Å². The lowest BCUT2D eigenvalue weighted by molar-refractivity contribution is -0.154. The van der Waals surface area contributed by atoms with Crippen LogP contribution in [0.2, 0.25) is 0 Å². The third-order valence-corrected chi connectivity index (χ3v) is 3.35. The van der Waals surface area contributed by atoms with Crippen molar-refractivity contribution in [3.63, 3.8) is 0 Å². The van der Waals surface area contributed by atoms with Crippen molar-refractivity contribution in [2.75, 3.05) is 19.7 Å². The molecular weight excluding hydrogens is 315 g/mol. The number of nitrogens with zero attached hydrogens (tertiary/aromatic N) is 2. The summed E-state index contributed by atoms with van der Waals surface area (Å²) in [7, 11) is 0. The largest absolute Gasteiger partial charge is 0.468 e. The zero-order chi connectivity index (χ0) is 17.0. The number of rotatable bonds is 4. The number of hydrogen-bond acceptors (Lipinski definition) is 4. The number of carbonyl (C=O) groups is 2. The molecule has 1 saturated heterocycles. The number of aromatic nitrogens is 1. The number of piperazine rings is 1. The van der Waals surface area contributed by atoms with Crippen LogP contribution in [-0.2, 0) is 4.79 Å². The second-order valence-electron chi connectivity index (χ2n) is 5.00. The van der Waals surface area contributed by atoms with Crippen molar-refractivity contribution in [2.45, 2.75) is 25.6 Å². The van der Waals surface area contributed by atoms with E-state index in [1.165, 1.54) is 17.0 Å². The maximum atomic E-state index is 12.4. The molecule has 1 fully saturated rings. The number of carbonyl (C=O) groups excluding carboxylic acids is 2. The highest BCUT2D eigenvalue weighted by Crippen LogP contribution is 2.18. The number of nitrogens with one attached hydrogen (secondary N) is 1. The number of halogens is 3. The molecule has 1 N–H and O–H groups in total. The van der Waals surface area contributed by atoms with E-state index in [0.29, 0.717) is 19.5 Å². The predicted molar refractivity (Wildman–Crippen MR) is 73.9 cm³/mol. The molecule has 0 saturated carbocycles. The Morgan fingerprint density at radius 2 is 2.22 bits per heavy atom. The molecule has 0 aromatic carbocycles. The van der Waals surface area contributed by atoms with Gasteiger partial charge in [0, 0.05) is 25.4 Å². The van der Waals surface area contributed by atoms with Gasteiger partial charge in [-0.05, 0) is 12.5 Å². The summed E-state index contributed by atoms with van der Waals surface area (Å²) in [6, 6.07) is 1.97. The lowest BCUT2D eigenvalue weighted by Crippen LogP contribution is -2.56. The molecule has 2 amide bonds. The first-order valence-electron chi connectivity index (χ1n) is 7.06. The van der Waals surface area contributed by atoms with Gasteiger partial charge in [-0.25, -0.2) is 4.98 Å². The van der Waals surface area contributed by atoms with Crippen LogP contribution >= 0.6 is 0 Å². The minimum Gasteiger partial charge on any atom is -0.468 e. The van der Waals surface area contributed by atoms with Crippen molar-refractivity contribution >= 4 is 11.8 Å². The monoisotopic (exact) mass is 331 g/mol. The van der Waals surface area contributed by atoms with E-state index in [9.17, 15) is 22.8 Å². The topological polar surface area (TPSA) is 71.5 Å². The Balaban J connectivity index is 2.06. The highest BCUT2D eigenvalue weighted by molar-refractivity contribution is 5.98. The number of hydrogen-bond donors (Lipinski definition) is 1. The molecule has 1 aromatic heterocycles. The summed E-state index contributed by atoms with van der Waals surface area (Å²) in [5.74, 6) is -0.825. The SMILES string of the molecule is CCC1C(=O)NCCN1C(=O)c1ccc(OCC(F)(F)F)nc1. The zero-order valence-corrected chi connectivity index (χ0v) is 12.4. The van der Waals surface area contributed by atoms with Crippen molar-refractivity contribution in [1.82, 2.24) is 15.2 Å². The molecule has 0 aliphatic carbocycles. The van der Waals surface area contributed by atoms with E-state index in [4.69, 9.17) is 0 Å². The lowest BCUT2D eigenvalue weighted by atomic mass is 10.1. The summed E-state index contributed by atoms with van der Waals surface area (Å²) in [5.41, 5.74) is 0.192. The molecule has 2 rings (SSSR count). The maximum absolute atomic E-state index is 12.4. The maximum Gasteiger partial charge on any atom is 0.422 e. The van der Waals surface area contributed by atoms with Crippen LogP contribution in [0.4, 0.5) is 13.2 Å². The molecular formula is C14H16F3N3O3. The number of alkyl halides is 3. The Morgan fingerprint density at radius 3 is 2.78 bits per heavy atom. The molecule has 0 radical (unpaired) electrons. The van der Waals surface area contributed by atoms with Gasteiger partial charge in [0.25, 0.3) is 5.91 Å². The number of amides is 2. The minimum atomic E-state index is -4.45. The van der Waals surface area contributed by atoms with E-state index in [0.717, 1.165) is 6.20 Å². The van der Waals surface area contributed by atoms with E-state index in [1.54, 1.807) is 6.92 Å². The van der Waals surface area contributed by atoms with Gasteiger partial charge in [0.05, 0.1) is 5.56 Å². The highest BCUT2D eigenvalue weighted by atomic mass is 19.4. The second-order valence-corrected chi connectivity index (χ2v) is 5.00. The van der Waals surface area contributed by atoms with Crippen LogP contribution in [0.25, 0.3) is 0 Å². The van der Waals surface area contributed by atoms with E-state index >= 15 is 0 Å². The smallest absolute Gasteiger partial charge is 0.422 e. The van der Waals surface area contributed by atoms with Gasteiger partial charge in [0.15, 0.2) is 6.61 Å². The van der Waals surface area contributed by atoms with Gasteiger partial charge in [-0.15, -0.1) is 0 Å². The summed E-state index contributed by atoms with van der Waals surface area (Å²) < 4.78 is 40.7. The molecule has 1 atom stereocenters. The summed E-state index contributed by atoms with van der Waals surface area (Å²) in [5, 5.41) is 2.68. The fraction of sp³-hybridized carbons (Fsp3) is 0.500. The minimum absolute atomic E-state index is 0.192. The Labute approximate surface area is 130 Å². The average Bonchev–Trinajstić information content (AvgIpc) is 2.52. The summed E-state index contributed by atoms with van der Waals surface area (Å²) >= 11 is 0. The van der Waals surface area contributed by atoms with Gasteiger partial charge in [-0.3, -0.25) is 9.59 Å². The van der Waals surface area contributed by atoms with Gasteiger partial charge >= 0.3 is 6.18 Å². The molecule has 1 aromatic rings. The van der Waals surface area contributed by atoms with Gasteiger partial charge < -0.3 is 15.0 Å². The Morgan fingerprint density at radius 1 is 1.48 bits per heavy atom. The first-order chi connectivity index (χ1) is 10.8. The van der Waals surface area contributed by atoms with E-state index in [2.05, 4.69) is 15.0 Å². The van der Waals surface area contributed by atoms with Gasteiger partial charge in [-0.2, -0.15) is 13.2 Å².